The number of benzene rings is 1. The Morgan fingerprint density at radius 1 is 1.03 bits per heavy atom. The van der Waals surface area contributed by atoms with Gasteiger partial charge in [0.1, 0.15) is 11.5 Å². The lowest BCUT2D eigenvalue weighted by atomic mass is 9.69. The second-order valence-corrected chi connectivity index (χ2v) is 8.61. The molecule has 1 amide bonds. The number of carbonyl (C=O) groups excluding carboxylic acids is 2. The van der Waals surface area contributed by atoms with Crippen LogP contribution in [0.3, 0.4) is 0 Å². The normalized spacial score (nSPS) is 20.8. The van der Waals surface area contributed by atoms with Crippen molar-refractivity contribution in [3.8, 4) is 11.5 Å². The van der Waals surface area contributed by atoms with Gasteiger partial charge in [-0.1, -0.05) is 13.8 Å². The Labute approximate surface area is 176 Å². The van der Waals surface area contributed by atoms with E-state index >= 15 is 0 Å². The maximum absolute atomic E-state index is 13.5. The molecule has 1 aromatic carbocycles. The molecule has 0 N–H and O–H groups in total. The molecular weight excluding hydrogens is 380 g/mol. The molecular formula is C24H26N2O4. The van der Waals surface area contributed by atoms with Gasteiger partial charge in [0.05, 0.1) is 19.9 Å². The van der Waals surface area contributed by atoms with Gasteiger partial charge in [0.15, 0.2) is 5.78 Å². The van der Waals surface area contributed by atoms with E-state index in [1.807, 2.05) is 18.2 Å². The van der Waals surface area contributed by atoms with E-state index in [4.69, 9.17) is 9.47 Å². The summed E-state index contributed by atoms with van der Waals surface area (Å²) in [6.45, 7) is 4.14. The summed E-state index contributed by atoms with van der Waals surface area (Å²) in [4.78, 5) is 32.5. The Morgan fingerprint density at radius 2 is 1.77 bits per heavy atom. The lowest BCUT2D eigenvalue weighted by Crippen LogP contribution is -2.43. The number of nitrogens with zero attached hydrogens (tertiary/aromatic N) is 2. The van der Waals surface area contributed by atoms with Gasteiger partial charge in [-0.3, -0.25) is 19.5 Å². The SMILES string of the molecule is COc1ccc(N2C(=O)CC(c3ccncc3)C3=C2CC(C)(C)CC3=O)c(OC)c1. The molecule has 0 fully saturated rings. The summed E-state index contributed by atoms with van der Waals surface area (Å²) in [5.74, 6) is 0.980. The van der Waals surface area contributed by atoms with Crippen LogP contribution in [-0.2, 0) is 9.59 Å². The summed E-state index contributed by atoms with van der Waals surface area (Å²) in [6.07, 6.45) is 4.74. The molecule has 4 rings (SSSR count). The fourth-order valence-corrected chi connectivity index (χ4v) is 4.54. The standard InChI is InChI=1S/C24H26N2O4/c1-24(2)13-19-23(20(27)14-24)17(15-7-9-25-10-8-15)12-22(28)26(19)18-6-5-16(29-3)11-21(18)30-4/h5-11,17H,12-14H2,1-4H3. The fourth-order valence-electron chi connectivity index (χ4n) is 4.54. The first-order valence-corrected chi connectivity index (χ1v) is 10.1. The molecule has 6 nitrogen and oxygen atoms in total. The number of hydrogen-bond acceptors (Lipinski definition) is 5. The van der Waals surface area contributed by atoms with Crippen molar-refractivity contribution in [2.24, 2.45) is 5.41 Å². The molecule has 0 saturated heterocycles. The molecule has 1 unspecified atom stereocenters. The number of ether oxygens (including phenoxy) is 2. The van der Waals surface area contributed by atoms with Gasteiger partial charge in [0.2, 0.25) is 5.91 Å². The van der Waals surface area contributed by atoms with Crippen molar-refractivity contribution in [1.29, 1.82) is 0 Å². The van der Waals surface area contributed by atoms with Crippen LogP contribution in [0.25, 0.3) is 0 Å². The van der Waals surface area contributed by atoms with Gasteiger partial charge in [0.25, 0.3) is 0 Å². The molecule has 1 aromatic heterocycles. The minimum absolute atomic E-state index is 0.0514. The number of aromatic nitrogens is 1. The molecule has 1 aliphatic heterocycles. The van der Waals surface area contributed by atoms with Gasteiger partial charge in [-0.2, -0.15) is 0 Å². The molecule has 2 aromatic rings. The third-order valence-corrected chi connectivity index (χ3v) is 5.88. The van der Waals surface area contributed by atoms with Gasteiger partial charge in [-0.15, -0.1) is 0 Å². The number of rotatable bonds is 4. The summed E-state index contributed by atoms with van der Waals surface area (Å²) in [5, 5.41) is 0. The number of anilines is 1. The van der Waals surface area contributed by atoms with E-state index in [2.05, 4.69) is 18.8 Å². The first-order valence-electron chi connectivity index (χ1n) is 10.1. The van der Waals surface area contributed by atoms with Crippen molar-refractivity contribution in [1.82, 2.24) is 4.98 Å². The number of methoxy groups -OCH3 is 2. The lowest BCUT2D eigenvalue weighted by Gasteiger charge is -2.43. The zero-order chi connectivity index (χ0) is 21.5. The van der Waals surface area contributed by atoms with Crippen molar-refractivity contribution in [2.45, 2.75) is 39.0 Å². The van der Waals surface area contributed by atoms with Crippen LogP contribution in [-0.4, -0.2) is 30.9 Å². The predicted octanol–water partition coefficient (Wildman–Crippen LogP) is 4.26. The Bertz CT molecular complexity index is 1030. The second-order valence-electron chi connectivity index (χ2n) is 8.61. The molecule has 2 aliphatic rings. The summed E-state index contributed by atoms with van der Waals surface area (Å²) in [6, 6.07) is 9.15. The minimum Gasteiger partial charge on any atom is -0.497 e. The van der Waals surface area contributed by atoms with Gasteiger partial charge in [-0.05, 0) is 41.7 Å². The third kappa shape index (κ3) is 3.47. The molecule has 6 heteroatoms. The molecule has 0 radical (unpaired) electrons. The Balaban J connectivity index is 1.91. The number of allylic oxidation sites excluding steroid dienone is 2. The quantitative estimate of drug-likeness (QED) is 0.759. The summed E-state index contributed by atoms with van der Waals surface area (Å²) >= 11 is 0. The van der Waals surface area contributed by atoms with Crippen LogP contribution in [0.2, 0.25) is 0 Å². The highest BCUT2D eigenvalue weighted by Crippen LogP contribution is 2.49. The van der Waals surface area contributed by atoms with E-state index in [1.54, 1.807) is 43.6 Å². The van der Waals surface area contributed by atoms with Gasteiger partial charge in [0, 0.05) is 48.5 Å². The maximum Gasteiger partial charge on any atom is 0.232 e. The van der Waals surface area contributed by atoms with Crippen LogP contribution < -0.4 is 14.4 Å². The molecule has 0 spiro atoms. The number of ketones is 1. The summed E-state index contributed by atoms with van der Waals surface area (Å²) in [7, 11) is 3.15. The zero-order valence-corrected chi connectivity index (χ0v) is 17.8. The Kier molecular flexibility index (Phi) is 5.10. The average molecular weight is 406 g/mol. The first-order chi connectivity index (χ1) is 14.3. The number of Topliss-reactive ketones (excluding diaryl/α,β-unsaturated/α-hetero) is 1. The number of carbonyl (C=O) groups is 2. The number of amides is 1. The second kappa shape index (κ2) is 7.59. The third-order valence-electron chi connectivity index (χ3n) is 5.88. The molecule has 2 heterocycles. The predicted molar refractivity (Wildman–Crippen MR) is 114 cm³/mol. The van der Waals surface area contributed by atoms with Crippen LogP contribution in [0.15, 0.2) is 54.0 Å². The van der Waals surface area contributed by atoms with E-state index in [9.17, 15) is 9.59 Å². The summed E-state index contributed by atoms with van der Waals surface area (Å²) < 4.78 is 10.9. The average Bonchev–Trinajstić information content (AvgIpc) is 2.72. The van der Waals surface area contributed by atoms with Crippen molar-refractivity contribution in [3.63, 3.8) is 0 Å². The Morgan fingerprint density at radius 3 is 2.43 bits per heavy atom. The highest BCUT2D eigenvalue weighted by atomic mass is 16.5. The fraction of sp³-hybridized carbons (Fsp3) is 0.375. The number of hydrogen-bond donors (Lipinski definition) is 0. The van der Waals surface area contributed by atoms with Crippen molar-refractivity contribution in [3.05, 3.63) is 59.6 Å². The zero-order valence-electron chi connectivity index (χ0n) is 17.8. The van der Waals surface area contributed by atoms with Crippen LogP contribution in [0, 0.1) is 5.41 Å². The molecule has 0 bridgehead atoms. The largest absolute Gasteiger partial charge is 0.497 e. The smallest absolute Gasteiger partial charge is 0.232 e. The Hall–Kier alpha value is -3.15. The van der Waals surface area contributed by atoms with Crippen molar-refractivity contribution < 1.29 is 19.1 Å². The molecule has 0 saturated carbocycles. The minimum atomic E-state index is -0.250. The highest BCUT2D eigenvalue weighted by molar-refractivity contribution is 6.08. The molecule has 156 valence electrons. The lowest BCUT2D eigenvalue weighted by molar-refractivity contribution is -0.121. The maximum atomic E-state index is 13.5. The molecule has 1 atom stereocenters. The van der Waals surface area contributed by atoms with Crippen LogP contribution in [0.5, 0.6) is 11.5 Å². The van der Waals surface area contributed by atoms with Crippen LogP contribution >= 0.6 is 0 Å². The summed E-state index contributed by atoms with van der Waals surface area (Å²) in [5.41, 5.74) is 2.86. The van der Waals surface area contributed by atoms with E-state index in [1.165, 1.54) is 0 Å². The van der Waals surface area contributed by atoms with E-state index in [0.717, 1.165) is 16.8 Å². The van der Waals surface area contributed by atoms with Crippen LogP contribution in [0.1, 0.15) is 44.6 Å². The van der Waals surface area contributed by atoms with Gasteiger partial charge >= 0.3 is 0 Å². The van der Waals surface area contributed by atoms with Crippen molar-refractivity contribution in [2.75, 3.05) is 19.1 Å². The van der Waals surface area contributed by atoms with E-state index in [0.29, 0.717) is 30.0 Å². The highest BCUT2D eigenvalue weighted by Gasteiger charge is 2.44. The van der Waals surface area contributed by atoms with E-state index < -0.39 is 0 Å². The monoisotopic (exact) mass is 406 g/mol. The van der Waals surface area contributed by atoms with Gasteiger partial charge in [-0.25, -0.2) is 0 Å². The molecule has 1 aliphatic carbocycles. The first kappa shape index (κ1) is 20.1. The topological polar surface area (TPSA) is 68.7 Å². The molecule has 30 heavy (non-hydrogen) atoms. The number of pyridine rings is 1. The van der Waals surface area contributed by atoms with E-state index in [-0.39, 0.29) is 29.4 Å². The van der Waals surface area contributed by atoms with Gasteiger partial charge < -0.3 is 9.47 Å². The van der Waals surface area contributed by atoms with Crippen molar-refractivity contribution >= 4 is 17.4 Å². The van der Waals surface area contributed by atoms with Crippen LogP contribution in [0.4, 0.5) is 5.69 Å².